The van der Waals surface area contributed by atoms with Crippen molar-refractivity contribution in [3.05, 3.63) is 82.9 Å². The maximum Gasteiger partial charge on any atom is 0.248 e. The summed E-state index contributed by atoms with van der Waals surface area (Å²) in [4.78, 5) is 21.3. The molecule has 0 fully saturated rings. The first-order valence-electron chi connectivity index (χ1n) is 8.41. The largest absolute Gasteiger partial charge is 0.489 e. The van der Waals surface area contributed by atoms with Crippen molar-refractivity contribution in [2.24, 2.45) is 0 Å². The first kappa shape index (κ1) is 18.2. The van der Waals surface area contributed by atoms with Crippen LogP contribution in [0.3, 0.4) is 0 Å². The molecule has 0 radical (unpaired) electrons. The third-order valence-electron chi connectivity index (χ3n) is 3.88. The molecule has 4 rings (SSSR count). The van der Waals surface area contributed by atoms with Crippen LogP contribution in [0.2, 0.25) is 5.15 Å². The molecular weight excluding hydrogens is 396 g/mol. The molecule has 28 heavy (non-hydrogen) atoms. The normalized spacial score (nSPS) is 11.2. The van der Waals surface area contributed by atoms with Gasteiger partial charge >= 0.3 is 0 Å². The predicted molar refractivity (Wildman–Crippen MR) is 111 cm³/mol. The Labute approximate surface area is 170 Å². The number of anilines is 1. The Morgan fingerprint density at radius 2 is 2.25 bits per heavy atom. The number of rotatable bonds is 6. The van der Waals surface area contributed by atoms with Crippen LogP contribution in [-0.2, 0) is 11.4 Å². The smallest absolute Gasteiger partial charge is 0.248 e. The topological polar surface area (TPSA) is 68.5 Å². The molecule has 0 aliphatic heterocycles. The number of pyridine rings is 1. The summed E-state index contributed by atoms with van der Waals surface area (Å²) in [7, 11) is 0. The molecule has 0 saturated carbocycles. The lowest BCUT2D eigenvalue weighted by atomic mass is 10.3. The minimum absolute atomic E-state index is 0.273. The van der Waals surface area contributed by atoms with E-state index in [2.05, 4.69) is 15.3 Å². The van der Waals surface area contributed by atoms with E-state index in [-0.39, 0.29) is 5.91 Å². The standard InChI is InChI=1S/C20H15ClN4O2S/c21-19-17(25-9-10-28-20(25)24-19)6-7-18(26)23-15-4-1-5-16(11-15)27-13-14-3-2-8-22-12-14/h1-12H,13H2,(H,23,26). The molecule has 0 atom stereocenters. The Morgan fingerprint density at radius 1 is 1.32 bits per heavy atom. The van der Waals surface area contributed by atoms with Gasteiger partial charge < -0.3 is 10.1 Å². The van der Waals surface area contributed by atoms with Crippen molar-refractivity contribution >= 4 is 45.6 Å². The van der Waals surface area contributed by atoms with E-state index < -0.39 is 0 Å². The highest BCUT2D eigenvalue weighted by Gasteiger charge is 2.09. The van der Waals surface area contributed by atoms with E-state index in [1.54, 1.807) is 30.6 Å². The maximum atomic E-state index is 12.3. The number of ether oxygens (including phenoxy) is 1. The van der Waals surface area contributed by atoms with Crippen LogP contribution in [0.15, 0.2) is 66.4 Å². The van der Waals surface area contributed by atoms with Crippen LogP contribution in [0.1, 0.15) is 11.3 Å². The van der Waals surface area contributed by atoms with E-state index in [0.29, 0.717) is 28.9 Å². The molecule has 0 unspecified atom stereocenters. The molecule has 3 aromatic heterocycles. The van der Waals surface area contributed by atoms with Gasteiger partial charge in [-0.1, -0.05) is 23.7 Å². The van der Waals surface area contributed by atoms with Gasteiger partial charge in [0.25, 0.3) is 0 Å². The van der Waals surface area contributed by atoms with Crippen LogP contribution in [0, 0.1) is 0 Å². The van der Waals surface area contributed by atoms with Gasteiger partial charge in [-0.2, -0.15) is 0 Å². The molecule has 1 N–H and O–H groups in total. The Balaban J connectivity index is 1.40. The molecule has 8 heteroatoms. The van der Waals surface area contributed by atoms with Crippen LogP contribution in [0.25, 0.3) is 11.0 Å². The van der Waals surface area contributed by atoms with Gasteiger partial charge in [-0.05, 0) is 24.3 Å². The van der Waals surface area contributed by atoms with Crippen LogP contribution >= 0.6 is 22.9 Å². The molecule has 0 bridgehead atoms. The number of hydrogen-bond donors (Lipinski definition) is 1. The second-order valence-electron chi connectivity index (χ2n) is 5.84. The van der Waals surface area contributed by atoms with E-state index in [9.17, 15) is 4.79 Å². The van der Waals surface area contributed by atoms with Crippen molar-refractivity contribution in [3.63, 3.8) is 0 Å². The molecular formula is C20H15ClN4O2S. The van der Waals surface area contributed by atoms with E-state index in [0.717, 1.165) is 10.5 Å². The molecule has 3 heterocycles. The Morgan fingerprint density at radius 3 is 3.11 bits per heavy atom. The van der Waals surface area contributed by atoms with E-state index >= 15 is 0 Å². The Bertz CT molecular complexity index is 1140. The molecule has 1 aromatic carbocycles. The number of nitrogens with zero attached hydrogens (tertiary/aromatic N) is 3. The lowest BCUT2D eigenvalue weighted by molar-refractivity contribution is -0.111. The van der Waals surface area contributed by atoms with E-state index in [4.69, 9.17) is 16.3 Å². The van der Waals surface area contributed by atoms with Crippen molar-refractivity contribution < 1.29 is 9.53 Å². The van der Waals surface area contributed by atoms with Crippen LogP contribution in [0.5, 0.6) is 5.75 Å². The second-order valence-corrected chi connectivity index (χ2v) is 7.07. The number of imidazole rings is 1. The van der Waals surface area contributed by atoms with Crippen molar-refractivity contribution in [1.82, 2.24) is 14.4 Å². The highest BCUT2D eigenvalue weighted by atomic mass is 35.5. The summed E-state index contributed by atoms with van der Waals surface area (Å²) < 4.78 is 7.59. The van der Waals surface area contributed by atoms with E-state index in [1.807, 2.05) is 40.2 Å². The first-order valence-corrected chi connectivity index (χ1v) is 9.67. The summed E-state index contributed by atoms with van der Waals surface area (Å²) in [6, 6.07) is 11.0. The summed E-state index contributed by atoms with van der Waals surface area (Å²) in [5, 5.41) is 5.09. The van der Waals surface area contributed by atoms with Crippen LogP contribution in [0.4, 0.5) is 5.69 Å². The number of fused-ring (bicyclic) bond motifs is 1. The van der Waals surface area contributed by atoms with Crippen LogP contribution < -0.4 is 10.1 Å². The van der Waals surface area contributed by atoms with Crippen LogP contribution in [-0.4, -0.2) is 20.3 Å². The predicted octanol–water partition coefficient (Wildman–Crippen LogP) is 4.68. The van der Waals surface area contributed by atoms with Crippen molar-refractivity contribution in [3.8, 4) is 5.75 Å². The molecule has 6 nitrogen and oxygen atoms in total. The van der Waals surface area contributed by atoms with Gasteiger partial charge in [-0.15, -0.1) is 11.3 Å². The quantitative estimate of drug-likeness (QED) is 0.469. The van der Waals surface area contributed by atoms with Gasteiger partial charge in [0.1, 0.15) is 12.4 Å². The van der Waals surface area contributed by atoms with Gasteiger partial charge in [0.15, 0.2) is 10.1 Å². The molecule has 0 saturated heterocycles. The Kier molecular flexibility index (Phi) is 5.36. The third kappa shape index (κ3) is 4.21. The zero-order valence-corrected chi connectivity index (χ0v) is 16.2. The average molecular weight is 411 g/mol. The lowest BCUT2D eigenvalue weighted by Gasteiger charge is -2.08. The van der Waals surface area contributed by atoms with E-state index in [1.165, 1.54) is 17.4 Å². The number of hydrogen-bond acceptors (Lipinski definition) is 5. The maximum absolute atomic E-state index is 12.3. The number of halogens is 1. The minimum Gasteiger partial charge on any atom is -0.489 e. The number of carbonyl (C=O) groups is 1. The number of amides is 1. The number of benzene rings is 1. The molecule has 0 aliphatic rings. The SMILES string of the molecule is O=C(C=Cc1c(Cl)nc2sccn12)Nc1cccc(OCc2cccnc2)c1. The fourth-order valence-electron chi connectivity index (χ4n) is 2.58. The molecule has 4 aromatic rings. The number of thiazole rings is 1. The zero-order chi connectivity index (χ0) is 19.3. The van der Waals surface area contributed by atoms with Crippen molar-refractivity contribution in [2.75, 3.05) is 5.32 Å². The monoisotopic (exact) mass is 410 g/mol. The number of carbonyl (C=O) groups excluding carboxylic acids is 1. The highest BCUT2D eigenvalue weighted by Crippen LogP contribution is 2.23. The Hall–Kier alpha value is -3.16. The average Bonchev–Trinajstić information content (AvgIpc) is 3.26. The summed E-state index contributed by atoms with van der Waals surface area (Å²) in [6.45, 7) is 0.404. The van der Waals surface area contributed by atoms with Gasteiger partial charge in [-0.25, -0.2) is 4.98 Å². The number of nitrogens with one attached hydrogen (secondary N) is 1. The summed E-state index contributed by atoms with van der Waals surface area (Å²) in [6.07, 6.45) is 8.40. The summed E-state index contributed by atoms with van der Waals surface area (Å²) in [5.74, 6) is 0.384. The second kappa shape index (κ2) is 8.24. The summed E-state index contributed by atoms with van der Waals surface area (Å²) in [5.41, 5.74) is 2.28. The molecule has 0 spiro atoms. The number of aromatic nitrogens is 3. The van der Waals surface area contributed by atoms with Crippen molar-refractivity contribution in [1.29, 1.82) is 0 Å². The lowest BCUT2D eigenvalue weighted by Crippen LogP contribution is -2.08. The molecule has 140 valence electrons. The van der Waals surface area contributed by atoms with Gasteiger partial charge in [0.05, 0.1) is 5.69 Å². The van der Waals surface area contributed by atoms with Gasteiger partial charge in [0.2, 0.25) is 5.91 Å². The van der Waals surface area contributed by atoms with Gasteiger partial charge in [-0.3, -0.25) is 14.2 Å². The fourth-order valence-corrected chi connectivity index (χ4v) is 3.58. The van der Waals surface area contributed by atoms with Gasteiger partial charge in [0, 0.05) is 47.4 Å². The third-order valence-corrected chi connectivity index (χ3v) is 4.91. The fraction of sp³-hybridized carbons (Fsp3) is 0.0500. The highest BCUT2D eigenvalue weighted by molar-refractivity contribution is 7.15. The van der Waals surface area contributed by atoms with Crippen molar-refractivity contribution in [2.45, 2.75) is 6.61 Å². The molecule has 1 amide bonds. The zero-order valence-electron chi connectivity index (χ0n) is 14.6. The summed E-state index contributed by atoms with van der Waals surface area (Å²) >= 11 is 7.61. The minimum atomic E-state index is -0.273. The molecule has 0 aliphatic carbocycles. The first-order chi connectivity index (χ1) is 13.7.